The van der Waals surface area contributed by atoms with Crippen molar-refractivity contribution in [2.45, 2.75) is 32.6 Å². The van der Waals surface area contributed by atoms with Gasteiger partial charge in [0.1, 0.15) is 12.4 Å². The fraction of sp³-hybridized carbons (Fsp3) is 0.290. The lowest BCUT2D eigenvalue weighted by Gasteiger charge is -2.32. The maximum atomic E-state index is 13.8. The minimum Gasteiger partial charge on any atom is -0.735 e. The quantitative estimate of drug-likeness (QED) is 0.236. The van der Waals surface area contributed by atoms with E-state index < -0.39 is 23.7 Å². The highest BCUT2D eigenvalue weighted by Gasteiger charge is 2.38. The number of nitrogens with two attached hydrogens (primary N) is 1. The summed E-state index contributed by atoms with van der Waals surface area (Å²) in [5.74, 6) is -0.151. The van der Waals surface area contributed by atoms with Gasteiger partial charge in [0.15, 0.2) is 0 Å². The molecule has 2 aromatic carbocycles. The SMILES string of the molecule is C#Cc1cccc(C2C(C(=O)Nc3ccc(C4=NN([O-])C(=O)CC4CC)cc3)=C(C)NC(N)=C2C(=O)OCCOC)c1. The Bertz CT molecular complexity index is 1520. The highest BCUT2D eigenvalue weighted by atomic mass is 16.6. The van der Waals surface area contributed by atoms with Crippen LogP contribution in [0.15, 0.2) is 76.3 Å². The van der Waals surface area contributed by atoms with Gasteiger partial charge in [0.25, 0.3) is 5.91 Å². The third kappa shape index (κ3) is 6.35. The zero-order valence-electron chi connectivity index (χ0n) is 23.6. The van der Waals surface area contributed by atoms with Gasteiger partial charge in [-0.3, -0.25) is 9.59 Å². The lowest BCUT2D eigenvalue weighted by Crippen LogP contribution is -2.37. The number of hydrogen-bond donors (Lipinski definition) is 3. The maximum absolute atomic E-state index is 13.8. The van der Waals surface area contributed by atoms with Crippen LogP contribution in [0, 0.1) is 23.5 Å². The summed E-state index contributed by atoms with van der Waals surface area (Å²) < 4.78 is 10.4. The Kier molecular flexibility index (Phi) is 9.42. The number of allylic oxidation sites excluding steroid dienone is 1. The summed E-state index contributed by atoms with van der Waals surface area (Å²) >= 11 is 0. The average molecular weight is 571 g/mol. The summed E-state index contributed by atoms with van der Waals surface area (Å²) in [6.07, 6.45) is 6.37. The van der Waals surface area contributed by atoms with Crippen molar-refractivity contribution in [1.29, 1.82) is 0 Å². The molecule has 2 heterocycles. The van der Waals surface area contributed by atoms with Gasteiger partial charge in [-0.25, -0.2) is 4.79 Å². The first-order valence-corrected chi connectivity index (χ1v) is 13.4. The second-order valence-corrected chi connectivity index (χ2v) is 9.82. The number of anilines is 1. The molecule has 2 atom stereocenters. The number of rotatable bonds is 9. The van der Waals surface area contributed by atoms with Gasteiger partial charge >= 0.3 is 5.97 Å². The van der Waals surface area contributed by atoms with Gasteiger partial charge in [-0.2, -0.15) is 5.10 Å². The largest absolute Gasteiger partial charge is 0.735 e. The molecular formula is C31H32N5O6-. The predicted octanol–water partition coefficient (Wildman–Crippen LogP) is 3.09. The van der Waals surface area contributed by atoms with Crippen molar-refractivity contribution in [3.63, 3.8) is 0 Å². The van der Waals surface area contributed by atoms with E-state index in [4.69, 9.17) is 21.6 Å². The Hall–Kier alpha value is -4.92. The molecule has 0 spiro atoms. The maximum Gasteiger partial charge on any atom is 0.338 e. The molecule has 0 saturated heterocycles. The molecule has 11 nitrogen and oxygen atoms in total. The standard InChI is InChI=1S/C31H32N5O6/c1-5-19-8-7-9-22(16-19)26-25(18(3)33-29(32)27(26)31(39)42-15-14-41-4)30(38)34-23-12-10-21(11-13-23)28-20(6-2)17-24(37)36(40)35-28/h1,7-13,16,20,26,33H,6,14-15,17,32H2,2-4H3,(H,34,38)/q-1. The molecule has 0 aromatic heterocycles. The molecule has 0 radical (unpaired) electrons. The highest BCUT2D eigenvalue weighted by molar-refractivity contribution is 6.09. The first-order chi connectivity index (χ1) is 20.2. The monoisotopic (exact) mass is 570 g/mol. The molecule has 4 N–H and O–H groups in total. The fourth-order valence-corrected chi connectivity index (χ4v) is 4.99. The van der Waals surface area contributed by atoms with Crippen molar-refractivity contribution in [2.24, 2.45) is 16.8 Å². The number of hydroxylamine groups is 1. The molecule has 2 aliphatic heterocycles. The number of hydrazone groups is 1. The zero-order chi connectivity index (χ0) is 30.4. The molecule has 2 unspecified atom stereocenters. The molecule has 2 amide bonds. The second kappa shape index (κ2) is 13.2. The smallest absolute Gasteiger partial charge is 0.338 e. The molecule has 0 aliphatic carbocycles. The van der Waals surface area contributed by atoms with Crippen LogP contribution in [0.4, 0.5) is 5.69 Å². The van der Waals surface area contributed by atoms with Crippen molar-refractivity contribution in [2.75, 3.05) is 25.6 Å². The van der Waals surface area contributed by atoms with Crippen LogP contribution in [-0.2, 0) is 23.9 Å². The fourth-order valence-electron chi connectivity index (χ4n) is 4.99. The van der Waals surface area contributed by atoms with Gasteiger partial charge in [0.05, 0.1) is 23.8 Å². The summed E-state index contributed by atoms with van der Waals surface area (Å²) in [6, 6.07) is 13.8. The number of dihydropyridines is 1. The van der Waals surface area contributed by atoms with Gasteiger partial charge in [0.2, 0.25) is 5.91 Å². The van der Waals surface area contributed by atoms with Crippen molar-refractivity contribution < 1.29 is 23.9 Å². The van der Waals surface area contributed by atoms with Crippen LogP contribution < -0.4 is 16.4 Å². The Labute approximate surface area is 244 Å². The van der Waals surface area contributed by atoms with Gasteiger partial charge in [0, 0.05) is 42.0 Å². The molecule has 11 heteroatoms. The van der Waals surface area contributed by atoms with Gasteiger partial charge in [-0.15, -0.1) is 6.42 Å². The third-order valence-electron chi connectivity index (χ3n) is 7.12. The number of nitrogens with one attached hydrogen (secondary N) is 2. The second-order valence-electron chi connectivity index (χ2n) is 9.82. The van der Waals surface area contributed by atoms with Crippen LogP contribution in [0.3, 0.4) is 0 Å². The van der Waals surface area contributed by atoms with E-state index in [1.54, 1.807) is 55.5 Å². The Balaban J connectivity index is 1.66. The Morgan fingerprint density at radius 3 is 2.62 bits per heavy atom. The van der Waals surface area contributed by atoms with E-state index >= 15 is 0 Å². The summed E-state index contributed by atoms with van der Waals surface area (Å²) in [6.45, 7) is 3.81. The number of carbonyl (C=O) groups excluding carboxylic acids is 3. The first-order valence-electron chi connectivity index (χ1n) is 13.4. The lowest BCUT2D eigenvalue weighted by atomic mass is 9.80. The molecule has 2 aromatic rings. The molecule has 2 aliphatic rings. The van der Waals surface area contributed by atoms with E-state index in [2.05, 4.69) is 21.7 Å². The van der Waals surface area contributed by atoms with E-state index in [0.29, 0.717) is 40.2 Å². The van der Waals surface area contributed by atoms with E-state index in [9.17, 15) is 19.6 Å². The lowest BCUT2D eigenvalue weighted by molar-refractivity contribution is -0.140. The summed E-state index contributed by atoms with van der Waals surface area (Å²) in [5.41, 5.74) is 9.88. The van der Waals surface area contributed by atoms with Crippen LogP contribution in [0.2, 0.25) is 0 Å². The zero-order valence-corrected chi connectivity index (χ0v) is 23.6. The van der Waals surface area contributed by atoms with Crippen LogP contribution in [0.25, 0.3) is 0 Å². The molecule has 0 bridgehead atoms. The van der Waals surface area contributed by atoms with Crippen LogP contribution in [0.1, 0.15) is 49.3 Å². The number of amides is 2. The van der Waals surface area contributed by atoms with E-state index in [1.807, 2.05) is 6.92 Å². The van der Waals surface area contributed by atoms with Gasteiger partial charge < -0.3 is 36.2 Å². The average Bonchev–Trinajstić information content (AvgIpc) is 2.98. The van der Waals surface area contributed by atoms with Crippen molar-refractivity contribution in [1.82, 2.24) is 10.5 Å². The minimum absolute atomic E-state index is 0.00223. The Morgan fingerprint density at radius 1 is 1.21 bits per heavy atom. The molecule has 218 valence electrons. The number of methoxy groups -OCH3 is 1. The minimum atomic E-state index is -0.878. The highest BCUT2D eigenvalue weighted by Crippen LogP contribution is 2.38. The first kappa shape index (κ1) is 30.0. The summed E-state index contributed by atoms with van der Waals surface area (Å²) in [4.78, 5) is 38.9. The normalized spacial score (nSPS) is 18.7. The number of nitrogens with zero attached hydrogens (tertiary/aromatic N) is 2. The summed E-state index contributed by atoms with van der Waals surface area (Å²) in [7, 11) is 1.49. The van der Waals surface area contributed by atoms with Gasteiger partial charge in [-0.1, -0.05) is 37.1 Å². The van der Waals surface area contributed by atoms with Gasteiger partial charge in [-0.05, 0) is 48.7 Å². The van der Waals surface area contributed by atoms with Crippen molar-refractivity contribution >= 4 is 29.2 Å². The number of benzene rings is 2. The molecular weight excluding hydrogens is 538 g/mol. The van der Waals surface area contributed by atoms with Crippen LogP contribution >= 0.6 is 0 Å². The van der Waals surface area contributed by atoms with Crippen molar-refractivity contribution in [3.8, 4) is 12.3 Å². The van der Waals surface area contributed by atoms with Crippen LogP contribution in [-0.4, -0.2) is 49.0 Å². The molecule has 4 rings (SSSR count). The number of terminal acetylenes is 1. The van der Waals surface area contributed by atoms with Crippen LogP contribution in [0.5, 0.6) is 0 Å². The van der Waals surface area contributed by atoms with E-state index in [-0.39, 0.29) is 47.7 Å². The molecule has 0 saturated carbocycles. The number of carbonyl (C=O) groups is 3. The Morgan fingerprint density at radius 2 is 1.95 bits per heavy atom. The summed E-state index contributed by atoms with van der Waals surface area (Å²) in [5, 5.41) is 21.8. The number of hydrogen-bond acceptors (Lipinski definition) is 9. The van der Waals surface area contributed by atoms with Crippen molar-refractivity contribution in [3.05, 3.63) is 93.1 Å². The molecule has 42 heavy (non-hydrogen) atoms. The van der Waals surface area contributed by atoms with E-state index in [0.717, 1.165) is 0 Å². The number of ether oxygens (including phenoxy) is 2. The molecule has 0 fully saturated rings. The van der Waals surface area contributed by atoms with E-state index in [1.165, 1.54) is 7.11 Å². The number of esters is 1. The topological polar surface area (TPSA) is 158 Å². The predicted molar refractivity (Wildman–Crippen MR) is 157 cm³/mol. The third-order valence-corrected chi connectivity index (χ3v) is 7.12.